The monoisotopic (exact) mass is 654 g/mol. The van der Waals surface area contributed by atoms with E-state index in [1.54, 1.807) is 30.3 Å². The predicted octanol–water partition coefficient (Wildman–Crippen LogP) is 10.3. The van der Waals surface area contributed by atoms with E-state index < -0.39 is 74.6 Å². The zero-order valence-corrected chi connectivity index (χ0v) is 23.5. The van der Waals surface area contributed by atoms with E-state index in [1.165, 1.54) is 18.1 Å². The Balaban J connectivity index is 1.40. The molecule has 0 unspecified atom stereocenters. The SMILES string of the molecule is C=Cc1ccc(C#Cc2ccc(-c3cc(F)c(C(F)(F)Oc4ccc5c(F)c(C#CC(F)(F)F)c(F)cc5c4)c(F)c3)c(F)c2)cc1. The first kappa shape index (κ1) is 32.7. The molecule has 5 rings (SSSR count). The smallest absolute Gasteiger partial charge is 0.429 e. The van der Waals surface area contributed by atoms with E-state index in [9.17, 15) is 35.1 Å². The number of fused-ring (bicyclic) bond motifs is 1. The number of ether oxygens (including phenoxy) is 1. The average molecular weight is 655 g/mol. The quantitative estimate of drug-likeness (QED) is 0.135. The molecule has 0 saturated heterocycles. The van der Waals surface area contributed by atoms with Gasteiger partial charge in [0.05, 0.1) is 5.56 Å². The van der Waals surface area contributed by atoms with Crippen molar-refractivity contribution in [1.82, 2.24) is 0 Å². The molecule has 0 amide bonds. The standard InChI is InChI=1S/C36H16F10O/c1-2-20-3-5-21(6-4-20)7-8-22-9-11-26(29(37)15-22)24-18-31(39)33(32(40)19-24)36(45,46)47-25-10-12-27-23(16-25)17-30(38)28(34(27)41)13-14-35(42,43)44/h2-6,9-12,15-19H,1H2. The zero-order chi connectivity index (χ0) is 34.1. The third-order valence-electron chi connectivity index (χ3n) is 6.69. The largest absolute Gasteiger partial charge is 0.458 e. The van der Waals surface area contributed by atoms with Crippen molar-refractivity contribution >= 4 is 16.8 Å². The minimum absolute atomic E-state index is 0.233. The highest BCUT2D eigenvalue weighted by Crippen LogP contribution is 2.38. The second kappa shape index (κ2) is 12.6. The lowest BCUT2D eigenvalue weighted by atomic mass is 10.00. The van der Waals surface area contributed by atoms with E-state index in [2.05, 4.69) is 23.2 Å². The maximum Gasteiger partial charge on any atom is 0.458 e. The van der Waals surface area contributed by atoms with Gasteiger partial charge in [0.15, 0.2) is 0 Å². The van der Waals surface area contributed by atoms with Crippen LogP contribution in [-0.2, 0) is 6.11 Å². The molecule has 236 valence electrons. The first-order chi connectivity index (χ1) is 22.1. The van der Waals surface area contributed by atoms with Gasteiger partial charge in [0.1, 0.15) is 40.4 Å². The van der Waals surface area contributed by atoms with Crippen molar-refractivity contribution < 1.29 is 48.6 Å². The third-order valence-corrected chi connectivity index (χ3v) is 6.69. The highest BCUT2D eigenvalue weighted by molar-refractivity contribution is 5.86. The highest BCUT2D eigenvalue weighted by atomic mass is 19.4. The molecule has 5 aromatic carbocycles. The molecule has 11 heteroatoms. The Labute approximate surface area is 260 Å². The summed E-state index contributed by atoms with van der Waals surface area (Å²) in [6, 6.07) is 14.3. The lowest BCUT2D eigenvalue weighted by Crippen LogP contribution is -2.25. The van der Waals surface area contributed by atoms with E-state index in [4.69, 9.17) is 0 Å². The van der Waals surface area contributed by atoms with Gasteiger partial charge in [0.2, 0.25) is 0 Å². The summed E-state index contributed by atoms with van der Waals surface area (Å²) in [7, 11) is 0. The van der Waals surface area contributed by atoms with Crippen LogP contribution in [0.2, 0.25) is 0 Å². The minimum atomic E-state index is -5.03. The zero-order valence-electron chi connectivity index (χ0n) is 23.5. The number of hydrogen-bond acceptors (Lipinski definition) is 1. The molecule has 5 aromatic rings. The number of halogens is 10. The molecule has 47 heavy (non-hydrogen) atoms. The fourth-order valence-electron chi connectivity index (χ4n) is 4.50. The van der Waals surface area contributed by atoms with Gasteiger partial charge in [-0.3, -0.25) is 0 Å². The Morgan fingerprint density at radius 1 is 0.638 bits per heavy atom. The van der Waals surface area contributed by atoms with Crippen LogP contribution in [0.4, 0.5) is 43.9 Å². The topological polar surface area (TPSA) is 9.23 Å². The van der Waals surface area contributed by atoms with Crippen LogP contribution in [0.25, 0.3) is 28.0 Å². The molecule has 0 fully saturated rings. The second-order valence-corrected chi connectivity index (χ2v) is 9.88. The van der Waals surface area contributed by atoms with Gasteiger partial charge in [-0.25, -0.2) is 22.0 Å². The lowest BCUT2D eigenvalue weighted by molar-refractivity contribution is -0.189. The molecule has 0 bridgehead atoms. The molecule has 0 radical (unpaired) electrons. The Hall–Kier alpha value is -5.68. The molecule has 0 atom stereocenters. The van der Waals surface area contributed by atoms with Crippen LogP contribution in [0.15, 0.2) is 85.4 Å². The van der Waals surface area contributed by atoms with Gasteiger partial charge in [-0.15, -0.1) is 0 Å². The molecule has 0 saturated carbocycles. The van der Waals surface area contributed by atoms with Crippen LogP contribution < -0.4 is 4.74 Å². The van der Waals surface area contributed by atoms with Crippen LogP contribution in [0.3, 0.4) is 0 Å². The van der Waals surface area contributed by atoms with Crippen molar-refractivity contribution in [3.05, 3.63) is 142 Å². The van der Waals surface area contributed by atoms with Crippen molar-refractivity contribution in [2.24, 2.45) is 0 Å². The molecule has 0 aliphatic carbocycles. The first-order valence-corrected chi connectivity index (χ1v) is 13.3. The fourth-order valence-corrected chi connectivity index (χ4v) is 4.50. The second-order valence-electron chi connectivity index (χ2n) is 9.88. The van der Waals surface area contributed by atoms with Crippen LogP contribution in [-0.4, -0.2) is 6.18 Å². The summed E-state index contributed by atoms with van der Waals surface area (Å²) in [5.41, 5.74) is -2.00. The number of benzene rings is 5. The molecule has 0 spiro atoms. The van der Waals surface area contributed by atoms with E-state index >= 15 is 8.78 Å². The summed E-state index contributed by atoms with van der Waals surface area (Å²) in [5.74, 6) is -0.640. The van der Waals surface area contributed by atoms with Gasteiger partial charge in [-0.05, 0) is 77.2 Å². The van der Waals surface area contributed by atoms with Crippen molar-refractivity contribution in [2.45, 2.75) is 12.3 Å². The van der Waals surface area contributed by atoms with E-state index in [-0.39, 0.29) is 11.1 Å². The van der Waals surface area contributed by atoms with Gasteiger partial charge in [-0.2, -0.15) is 22.0 Å². The van der Waals surface area contributed by atoms with E-state index in [0.717, 1.165) is 29.7 Å². The molecule has 0 aromatic heterocycles. The lowest BCUT2D eigenvalue weighted by Gasteiger charge is -2.20. The maximum absolute atomic E-state index is 15.1. The number of hydrogen-bond donors (Lipinski definition) is 0. The van der Waals surface area contributed by atoms with Crippen LogP contribution in [0.5, 0.6) is 5.75 Å². The molecule has 0 N–H and O–H groups in total. The summed E-state index contributed by atoms with van der Waals surface area (Å²) >= 11 is 0. The maximum atomic E-state index is 15.1. The predicted molar refractivity (Wildman–Crippen MR) is 156 cm³/mol. The molecule has 1 nitrogen and oxygen atoms in total. The Morgan fingerprint density at radius 2 is 1.28 bits per heavy atom. The molecular formula is C36H16F10O. The number of rotatable bonds is 5. The van der Waals surface area contributed by atoms with Gasteiger partial charge < -0.3 is 4.74 Å². The van der Waals surface area contributed by atoms with Crippen molar-refractivity contribution in [1.29, 1.82) is 0 Å². The molecule has 0 heterocycles. The van der Waals surface area contributed by atoms with Crippen LogP contribution in [0.1, 0.15) is 27.8 Å². The van der Waals surface area contributed by atoms with Gasteiger partial charge in [0, 0.05) is 28.0 Å². The average Bonchev–Trinajstić information content (AvgIpc) is 2.98. The van der Waals surface area contributed by atoms with Crippen molar-refractivity contribution in [2.75, 3.05) is 0 Å². The normalized spacial score (nSPS) is 11.4. The van der Waals surface area contributed by atoms with Crippen molar-refractivity contribution in [3.63, 3.8) is 0 Å². The first-order valence-electron chi connectivity index (χ1n) is 13.3. The minimum Gasteiger partial charge on any atom is -0.429 e. The highest BCUT2D eigenvalue weighted by Gasteiger charge is 2.41. The summed E-state index contributed by atoms with van der Waals surface area (Å²) in [6.07, 6.45) is -8.07. The van der Waals surface area contributed by atoms with Crippen LogP contribution >= 0.6 is 0 Å². The van der Waals surface area contributed by atoms with Gasteiger partial charge in [-0.1, -0.05) is 48.6 Å². The summed E-state index contributed by atoms with van der Waals surface area (Å²) in [6.45, 7) is 3.65. The molecular weight excluding hydrogens is 638 g/mol. The molecule has 0 aliphatic rings. The van der Waals surface area contributed by atoms with E-state index in [1.807, 2.05) is 0 Å². The summed E-state index contributed by atoms with van der Waals surface area (Å²) < 4.78 is 146. The van der Waals surface area contributed by atoms with Crippen LogP contribution in [0, 0.1) is 52.8 Å². The number of alkyl halides is 5. The fraction of sp³-hybridized carbons (Fsp3) is 0.0556. The Bertz CT molecular complexity index is 2140. The summed E-state index contributed by atoms with van der Waals surface area (Å²) in [5, 5.41) is -0.909. The summed E-state index contributed by atoms with van der Waals surface area (Å²) in [4.78, 5) is 0. The van der Waals surface area contributed by atoms with Gasteiger partial charge in [0.25, 0.3) is 0 Å². The molecule has 0 aliphatic heterocycles. The Morgan fingerprint density at radius 3 is 1.89 bits per heavy atom. The van der Waals surface area contributed by atoms with E-state index in [0.29, 0.717) is 29.8 Å². The Kier molecular flexibility index (Phi) is 8.77. The van der Waals surface area contributed by atoms with Crippen molar-refractivity contribution in [3.8, 4) is 40.6 Å². The van der Waals surface area contributed by atoms with Gasteiger partial charge >= 0.3 is 12.3 Å². The third kappa shape index (κ3) is 7.26.